The van der Waals surface area contributed by atoms with Crippen LogP contribution in [0.1, 0.15) is 31.1 Å². The van der Waals surface area contributed by atoms with Crippen LogP contribution in [-0.2, 0) is 4.74 Å². The minimum Gasteiger partial charge on any atom is -0.491 e. The van der Waals surface area contributed by atoms with Gasteiger partial charge in [-0.2, -0.15) is 0 Å². The van der Waals surface area contributed by atoms with E-state index in [1.54, 1.807) is 19.2 Å². The maximum Gasteiger partial charge on any atom is 0.339 e. The molecule has 116 valence electrons. The molecule has 5 heteroatoms. The number of ether oxygens (including phenoxy) is 2. The maximum atomic E-state index is 11.7. The summed E-state index contributed by atoms with van der Waals surface area (Å²) in [5.74, 6) is 0.443. The van der Waals surface area contributed by atoms with Gasteiger partial charge in [-0.05, 0) is 51.1 Å². The van der Waals surface area contributed by atoms with Gasteiger partial charge in [-0.15, -0.1) is 0 Å². The van der Waals surface area contributed by atoms with Crippen LogP contribution in [0.2, 0.25) is 0 Å². The van der Waals surface area contributed by atoms with Crippen LogP contribution >= 0.6 is 0 Å². The van der Waals surface area contributed by atoms with Gasteiger partial charge < -0.3 is 14.8 Å². The lowest BCUT2D eigenvalue weighted by Gasteiger charge is -2.11. The lowest BCUT2D eigenvalue weighted by atomic mass is 10.2. The topological polar surface area (TPSA) is 60.5 Å². The number of pyridine rings is 1. The Morgan fingerprint density at radius 3 is 2.55 bits per heavy atom. The van der Waals surface area contributed by atoms with Crippen molar-refractivity contribution in [2.45, 2.75) is 26.9 Å². The predicted octanol–water partition coefficient (Wildman–Crippen LogP) is 3.79. The van der Waals surface area contributed by atoms with Gasteiger partial charge in [0, 0.05) is 11.9 Å². The highest BCUT2D eigenvalue weighted by atomic mass is 16.5. The lowest BCUT2D eigenvalue weighted by Crippen LogP contribution is -2.06. The highest BCUT2D eigenvalue weighted by molar-refractivity contribution is 5.90. The largest absolute Gasteiger partial charge is 0.491 e. The molecule has 0 radical (unpaired) electrons. The Morgan fingerprint density at radius 2 is 1.91 bits per heavy atom. The number of hydrogen-bond acceptors (Lipinski definition) is 5. The molecule has 1 N–H and O–H groups in total. The van der Waals surface area contributed by atoms with Crippen LogP contribution in [0.25, 0.3) is 0 Å². The maximum absolute atomic E-state index is 11.7. The van der Waals surface area contributed by atoms with Gasteiger partial charge in [0.25, 0.3) is 0 Å². The molecule has 0 aliphatic rings. The molecule has 0 bridgehead atoms. The van der Waals surface area contributed by atoms with Crippen LogP contribution in [-0.4, -0.2) is 23.7 Å². The smallest absolute Gasteiger partial charge is 0.339 e. The molecule has 1 aromatic heterocycles. The van der Waals surface area contributed by atoms with E-state index in [1.807, 2.05) is 38.1 Å². The molecular weight excluding hydrogens is 280 g/mol. The van der Waals surface area contributed by atoms with E-state index in [0.717, 1.165) is 17.1 Å². The number of hydrogen-bond donors (Lipinski definition) is 1. The second-order valence-electron chi connectivity index (χ2n) is 5.00. The molecule has 0 amide bonds. The van der Waals surface area contributed by atoms with Crippen LogP contribution in [0.5, 0.6) is 5.75 Å². The fourth-order valence-electron chi connectivity index (χ4n) is 1.89. The standard InChI is InChI=1S/C17H20N2O3/c1-4-21-17(20)13-9-15(11-18-10-13)19-14-5-7-16(8-6-14)22-12(2)3/h5-12,19H,4H2,1-3H3. The van der Waals surface area contributed by atoms with Crippen LogP contribution in [0.4, 0.5) is 11.4 Å². The van der Waals surface area contributed by atoms with Gasteiger partial charge in [-0.3, -0.25) is 4.98 Å². The fraction of sp³-hybridized carbons (Fsp3) is 0.294. The van der Waals surface area contributed by atoms with E-state index >= 15 is 0 Å². The van der Waals surface area contributed by atoms with Crippen molar-refractivity contribution >= 4 is 17.3 Å². The number of esters is 1. The number of carbonyl (C=O) groups excluding carboxylic acids is 1. The number of nitrogens with zero attached hydrogens (tertiary/aromatic N) is 1. The fourth-order valence-corrected chi connectivity index (χ4v) is 1.89. The third-order valence-electron chi connectivity index (χ3n) is 2.76. The molecule has 0 atom stereocenters. The Hall–Kier alpha value is -2.56. The molecule has 0 fully saturated rings. The van der Waals surface area contributed by atoms with Crippen molar-refractivity contribution in [1.29, 1.82) is 0 Å². The first-order valence-corrected chi connectivity index (χ1v) is 7.24. The lowest BCUT2D eigenvalue weighted by molar-refractivity contribution is 0.0526. The zero-order chi connectivity index (χ0) is 15.9. The van der Waals surface area contributed by atoms with Crippen molar-refractivity contribution in [1.82, 2.24) is 4.98 Å². The Balaban J connectivity index is 2.07. The molecule has 2 aromatic rings. The van der Waals surface area contributed by atoms with E-state index in [4.69, 9.17) is 9.47 Å². The molecule has 2 rings (SSSR count). The van der Waals surface area contributed by atoms with E-state index in [1.165, 1.54) is 6.20 Å². The summed E-state index contributed by atoms with van der Waals surface area (Å²) in [5, 5.41) is 3.20. The highest BCUT2D eigenvalue weighted by Gasteiger charge is 2.07. The Labute approximate surface area is 130 Å². The summed E-state index contributed by atoms with van der Waals surface area (Å²) in [5.41, 5.74) is 2.04. The van der Waals surface area contributed by atoms with Crippen LogP contribution in [0.3, 0.4) is 0 Å². The van der Waals surface area contributed by atoms with Crippen molar-refractivity contribution in [3.05, 3.63) is 48.3 Å². The third kappa shape index (κ3) is 4.48. The van der Waals surface area contributed by atoms with E-state index in [-0.39, 0.29) is 12.1 Å². The molecule has 5 nitrogen and oxygen atoms in total. The molecule has 0 saturated carbocycles. The first-order valence-electron chi connectivity index (χ1n) is 7.24. The second-order valence-corrected chi connectivity index (χ2v) is 5.00. The van der Waals surface area contributed by atoms with Gasteiger partial charge >= 0.3 is 5.97 Å². The zero-order valence-corrected chi connectivity index (χ0v) is 13.0. The quantitative estimate of drug-likeness (QED) is 0.822. The first kappa shape index (κ1) is 15.8. The molecule has 1 heterocycles. The Morgan fingerprint density at radius 1 is 1.18 bits per heavy atom. The van der Waals surface area contributed by atoms with Crippen molar-refractivity contribution in [3.8, 4) is 5.75 Å². The molecule has 1 aromatic carbocycles. The van der Waals surface area contributed by atoms with E-state index in [9.17, 15) is 4.79 Å². The van der Waals surface area contributed by atoms with Crippen molar-refractivity contribution < 1.29 is 14.3 Å². The average molecular weight is 300 g/mol. The second kappa shape index (κ2) is 7.45. The van der Waals surface area contributed by atoms with Gasteiger partial charge in [0.1, 0.15) is 5.75 Å². The van der Waals surface area contributed by atoms with Gasteiger partial charge in [-0.1, -0.05) is 0 Å². The van der Waals surface area contributed by atoms with Gasteiger partial charge in [0.15, 0.2) is 0 Å². The first-order chi connectivity index (χ1) is 10.6. The molecule has 0 aliphatic heterocycles. The third-order valence-corrected chi connectivity index (χ3v) is 2.76. The van der Waals surface area contributed by atoms with E-state index in [2.05, 4.69) is 10.3 Å². The zero-order valence-electron chi connectivity index (χ0n) is 13.0. The molecule has 22 heavy (non-hydrogen) atoms. The summed E-state index contributed by atoms with van der Waals surface area (Å²) in [6.07, 6.45) is 3.29. The summed E-state index contributed by atoms with van der Waals surface area (Å²) in [6.45, 7) is 6.08. The van der Waals surface area contributed by atoms with Gasteiger partial charge in [0.05, 0.1) is 30.2 Å². The summed E-state index contributed by atoms with van der Waals surface area (Å²) in [7, 11) is 0. The normalized spacial score (nSPS) is 10.4. The SMILES string of the molecule is CCOC(=O)c1cncc(Nc2ccc(OC(C)C)cc2)c1. The molecule has 0 aliphatic carbocycles. The summed E-state index contributed by atoms with van der Waals surface area (Å²) in [6, 6.07) is 9.32. The number of nitrogens with one attached hydrogen (secondary N) is 1. The highest BCUT2D eigenvalue weighted by Crippen LogP contribution is 2.21. The number of rotatable bonds is 6. The van der Waals surface area contributed by atoms with E-state index in [0.29, 0.717) is 12.2 Å². The number of carbonyl (C=O) groups is 1. The van der Waals surface area contributed by atoms with Crippen molar-refractivity contribution in [2.24, 2.45) is 0 Å². The van der Waals surface area contributed by atoms with Crippen LogP contribution in [0.15, 0.2) is 42.7 Å². The van der Waals surface area contributed by atoms with Crippen LogP contribution < -0.4 is 10.1 Å². The number of anilines is 2. The van der Waals surface area contributed by atoms with Crippen molar-refractivity contribution in [3.63, 3.8) is 0 Å². The summed E-state index contributed by atoms with van der Waals surface area (Å²) in [4.78, 5) is 15.7. The molecule has 0 unspecified atom stereocenters. The molecule has 0 spiro atoms. The molecular formula is C17H20N2O3. The minimum atomic E-state index is -0.376. The summed E-state index contributed by atoms with van der Waals surface area (Å²) >= 11 is 0. The minimum absolute atomic E-state index is 0.143. The Kier molecular flexibility index (Phi) is 5.36. The van der Waals surface area contributed by atoms with Crippen molar-refractivity contribution in [2.75, 3.05) is 11.9 Å². The van der Waals surface area contributed by atoms with E-state index < -0.39 is 0 Å². The summed E-state index contributed by atoms with van der Waals surface area (Å²) < 4.78 is 10.6. The van der Waals surface area contributed by atoms with Crippen LogP contribution in [0, 0.1) is 0 Å². The number of aromatic nitrogens is 1. The van der Waals surface area contributed by atoms with Gasteiger partial charge in [0.2, 0.25) is 0 Å². The average Bonchev–Trinajstić information content (AvgIpc) is 2.49. The molecule has 0 saturated heterocycles. The predicted molar refractivity (Wildman–Crippen MR) is 85.7 cm³/mol. The van der Waals surface area contributed by atoms with Gasteiger partial charge in [-0.25, -0.2) is 4.79 Å². The Bertz CT molecular complexity index is 624. The number of benzene rings is 1. The monoisotopic (exact) mass is 300 g/mol.